The maximum atomic E-state index is 11.9. The van der Waals surface area contributed by atoms with Crippen molar-refractivity contribution in [3.8, 4) is 0 Å². The second-order valence-corrected chi connectivity index (χ2v) is 6.11. The smallest absolute Gasteiger partial charge is 0.315 e. The summed E-state index contributed by atoms with van der Waals surface area (Å²) < 4.78 is 5.72. The highest BCUT2D eigenvalue weighted by Crippen LogP contribution is 2.19. The molecule has 1 heterocycles. The first-order chi connectivity index (χ1) is 11.1. The lowest BCUT2D eigenvalue weighted by atomic mass is 9.93. The molecule has 7 heteroatoms. The Hall–Kier alpha value is -1.60. The van der Waals surface area contributed by atoms with Crippen molar-refractivity contribution in [3.05, 3.63) is 12.2 Å². The lowest BCUT2D eigenvalue weighted by molar-refractivity contribution is -0.126. The summed E-state index contributed by atoms with van der Waals surface area (Å²) >= 11 is 0. The minimum atomic E-state index is -0.547. The van der Waals surface area contributed by atoms with Gasteiger partial charge in [0.2, 0.25) is 5.91 Å². The zero-order valence-corrected chi connectivity index (χ0v) is 13.6. The zero-order valence-electron chi connectivity index (χ0n) is 13.6. The van der Waals surface area contributed by atoms with Gasteiger partial charge in [-0.3, -0.25) is 4.79 Å². The number of carbonyl (C=O) groups is 2. The van der Waals surface area contributed by atoms with Crippen molar-refractivity contribution in [1.82, 2.24) is 16.0 Å². The van der Waals surface area contributed by atoms with Gasteiger partial charge < -0.3 is 25.8 Å². The van der Waals surface area contributed by atoms with Gasteiger partial charge in [0.1, 0.15) is 6.10 Å². The van der Waals surface area contributed by atoms with Crippen molar-refractivity contribution in [2.45, 2.75) is 63.3 Å². The van der Waals surface area contributed by atoms with Gasteiger partial charge in [-0.05, 0) is 25.7 Å². The minimum Gasteiger partial charge on any atom is -0.394 e. The molecule has 2 rings (SSSR count). The highest BCUT2D eigenvalue weighted by molar-refractivity contribution is 5.77. The summed E-state index contributed by atoms with van der Waals surface area (Å²) in [7, 11) is 0. The van der Waals surface area contributed by atoms with E-state index in [0.717, 1.165) is 19.3 Å². The minimum absolute atomic E-state index is 0.0341. The van der Waals surface area contributed by atoms with Crippen molar-refractivity contribution in [1.29, 1.82) is 0 Å². The molecule has 1 aliphatic carbocycles. The van der Waals surface area contributed by atoms with Crippen LogP contribution in [0.2, 0.25) is 0 Å². The monoisotopic (exact) mass is 325 g/mol. The van der Waals surface area contributed by atoms with E-state index in [1.54, 1.807) is 12.2 Å². The van der Waals surface area contributed by atoms with E-state index in [0.29, 0.717) is 12.6 Å². The molecule has 3 atom stereocenters. The molecule has 0 aromatic rings. The third-order valence-corrected chi connectivity index (χ3v) is 4.15. The van der Waals surface area contributed by atoms with E-state index in [2.05, 4.69) is 16.0 Å². The van der Waals surface area contributed by atoms with Crippen LogP contribution in [0.1, 0.15) is 39.0 Å². The molecule has 23 heavy (non-hydrogen) atoms. The molecule has 0 unspecified atom stereocenters. The highest BCUT2D eigenvalue weighted by Gasteiger charge is 2.29. The molecule has 7 nitrogen and oxygen atoms in total. The number of urea groups is 1. The van der Waals surface area contributed by atoms with Crippen LogP contribution in [-0.2, 0) is 9.53 Å². The molecule has 0 saturated heterocycles. The van der Waals surface area contributed by atoms with Crippen molar-refractivity contribution in [2.75, 3.05) is 13.2 Å². The Morgan fingerprint density at radius 2 is 2.04 bits per heavy atom. The molecule has 0 spiro atoms. The number of rotatable bonds is 7. The molecule has 130 valence electrons. The molecule has 0 aromatic carbocycles. The number of aliphatic hydroxyl groups excluding tert-OH is 1. The van der Waals surface area contributed by atoms with Crippen molar-refractivity contribution >= 4 is 11.9 Å². The van der Waals surface area contributed by atoms with Crippen molar-refractivity contribution in [3.63, 3.8) is 0 Å². The van der Waals surface area contributed by atoms with Crippen LogP contribution in [0.5, 0.6) is 0 Å². The van der Waals surface area contributed by atoms with Crippen LogP contribution in [0.3, 0.4) is 0 Å². The van der Waals surface area contributed by atoms with Gasteiger partial charge in [0, 0.05) is 12.6 Å². The standard InChI is InChI=1S/C16H27N3O4/c1-2-8-17-16(22)19-13-7-6-12(23-14(13)10-20)9-15(21)18-11-4-3-5-11/h6-7,11-14,20H,2-5,8-10H2,1H3,(H,18,21)(H2,17,19,22)/t12-,13+,14-/m1/s1. The predicted octanol–water partition coefficient (Wildman–Crippen LogP) is 0.439. The quantitative estimate of drug-likeness (QED) is 0.510. The maximum Gasteiger partial charge on any atom is 0.315 e. The lowest BCUT2D eigenvalue weighted by Gasteiger charge is -2.32. The van der Waals surface area contributed by atoms with Crippen LogP contribution in [0.15, 0.2) is 12.2 Å². The summed E-state index contributed by atoms with van der Waals surface area (Å²) in [5, 5.41) is 17.9. The normalized spacial score (nSPS) is 27.1. The van der Waals surface area contributed by atoms with Crippen LogP contribution in [-0.4, -0.2) is 54.5 Å². The van der Waals surface area contributed by atoms with Gasteiger partial charge in [-0.25, -0.2) is 4.79 Å². The second kappa shape index (κ2) is 8.88. The van der Waals surface area contributed by atoms with Gasteiger partial charge in [0.15, 0.2) is 0 Å². The zero-order chi connectivity index (χ0) is 16.7. The fourth-order valence-electron chi connectivity index (χ4n) is 2.60. The Labute approximate surface area is 136 Å². The molecule has 0 aromatic heterocycles. The van der Waals surface area contributed by atoms with Crippen molar-refractivity contribution in [2.24, 2.45) is 0 Å². The van der Waals surface area contributed by atoms with E-state index in [4.69, 9.17) is 4.74 Å². The van der Waals surface area contributed by atoms with Crippen LogP contribution in [0.25, 0.3) is 0 Å². The van der Waals surface area contributed by atoms with Gasteiger partial charge in [-0.15, -0.1) is 0 Å². The molecular weight excluding hydrogens is 298 g/mol. The largest absolute Gasteiger partial charge is 0.394 e. The Bertz CT molecular complexity index is 437. The Balaban J connectivity index is 1.80. The molecular formula is C16H27N3O4. The molecule has 0 radical (unpaired) electrons. The molecule has 1 aliphatic heterocycles. The second-order valence-electron chi connectivity index (χ2n) is 6.11. The molecule has 3 amide bonds. The number of nitrogens with one attached hydrogen (secondary N) is 3. The van der Waals surface area contributed by atoms with E-state index < -0.39 is 12.1 Å². The summed E-state index contributed by atoms with van der Waals surface area (Å²) in [5.41, 5.74) is 0. The fraction of sp³-hybridized carbons (Fsp3) is 0.750. The van der Waals surface area contributed by atoms with Crippen LogP contribution < -0.4 is 16.0 Å². The number of amides is 3. The average molecular weight is 325 g/mol. The summed E-state index contributed by atoms with van der Waals surface area (Å²) in [5.74, 6) is -0.0341. The summed E-state index contributed by atoms with van der Waals surface area (Å²) in [6.45, 7) is 2.35. The fourth-order valence-corrected chi connectivity index (χ4v) is 2.60. The van der Waals surface area contributed by atoms with Crippen LogP contribution >= 0.6 is 0 Å². The topological polar surface area (TPSA) is 99.7 Å². The molecule has 4 N–H and O–H groups in total. The molecule has 0 bridgehead atoms. The highest BCUT2D eigenvalue weighted by atomic mass is 16.5. The third kappa shape index (κ3) is 5.51. The first-order valence-corrected chi connectivity index (χ1v) is 8.40. The first kappa shape index (κ1) is 17.7. The number of aliphatic hydroxyl groups is 1. The number of carbonyl (C=O) groups excluding carboxylic acids is 2. The third-order valence-electron chi connectivity index (χ3n) is 4.15. The van der Waals surface area contributed by atoms with Crippen LogP contribution in [0.4, 0.5) is 4.79 Å². The maximum absolute atomic E-state index is 11.9. The number of hydrogen-bond acceptors (Lipinski definition) is 4. The number of hydrogen-bond donors (Lipinski definition) is 4. The van der Waals surface area contributed by atoms with E-state index in [1.165, 1.54) is 6.42 Å². The molecule has 1 fully saturated rings. The summed E-state index contributed by atoms with van der Waals surface area (Å²) in [4.78, 5) is 23.6. The van der Waals surface area contributed by atoms with Gasteiger partial charge in [-0.2, -0.15) is 0 Å². The SMILES string of the molecule is CCCNC(=O)N[C@H]1C=C[C@H](CC(=O)NC2CCC2)O[C@@H]1CO. The van der Waals surface area contributed by atoms with Gasteiger partial charge >= 0.3 is 6.03 Å². The van der Waals surface area contributed by atoms with Crippen LogP contribution in [0, 0.1) is 0 Å². The molecule has 1 saturated carbocycles. The first-order valence-electron chi connectivity index (χ1n) is 8.40. The van der Waals surface area contributed by atoms with Gasteiger partial charge in [-0.1, -0.05) is 19.1 Å². The van der Waals surface area contributed by atoms with E-state index in [9.17, 15) is 14.7 Å². The van der Waals surface area contributed by atoms with Crippen molar-refractivity contribution < 1.29 is 19.4 Å². The number of ether oxygens (including phenoxy) is 1. The lowest BCUT2D eigenvalue weighted by Crippen LogP contribution is -2.52. The van der Waals surface area contributed by atoms with Gasteiger partial charge in [0.25, 0.3) is 0 Å². The Kier molecular flexibility index (Phi) is 6.85. The van der Waals surface area contributed by atoms with E-state index in [1.807, 2.05) is 6.92 Å². The summed E-state index contributed by atoms with van der Waals surface area (Å²) in [6, 6.07) is -0.382. The summed E-state index contributed by atoms with van der Waals surface area (Å²) in [6.07, 6.45) is 7.00. The molecule has 2 aliphatic rings. The van der Waals surface area contributed by atoms with Gasteiger partial charge in [0.05, 0.1) is 25.2 Å². The average Bonchev–Trinajstić information content (AvgIpc) is 2.50. The Morgan fingerprint density at radius 3 is 2.65 bits per heavy atom. The Morgan fingerprint density at radius 1 is 1.26 bits per heavy atom. The predicted molar refractivity (Wildman–Crippen MR) is 85.9 cm³/mol. The van der Waals surface area contributed by atoms with E-state index >= 15 is 0 Å². The van der Waals surface area contributed by atoms with E-state index in [-0.39, 0.29) is 31.1 Å².